The number of allylic oxidation sites excluding steroid dienone is 3. The summed E-state index contributed by atoms with van der Waals surface area (Å²) in [5.74, 6) is 1.73. The lowest BCUT2D eigenvalue weighted by Crippen LogP contribution is -2.36. The molecule has 0 spiro atoms. The highest BCUT2D eigenvalue weighted by molar-refractivity contribution is 9.09. The molecule has 0 aliphatic heterocycles. The molecular weight excluding hydrogens is 492 g/mol. The van der Waals surface area contributed by atoms with Crippen molar-refractivity contribution < 1.29 is 19.7 Å². The van der Waals surface area contributed by atoms with Gasteiger partial charge in [-0.15, -0.1) is 0 Å². The molecule has 1 unspecified atom stereocenters. The summed E-state index contributed by atoms with van der Waals surface area (Å²) >= 11 is 3.14. The maximum atomic E-state index is 11.7. The summed E-state index contributed by atoms with van der Waals surface area (Å²) in [6.45, 7) is 12.9. The van der Waals surface area contributed by atoms with Crippen molar-refractivity contribution in [3.8, 4) is 0 Å². The predicted molar refractivity (Wildman–Crippen MR) is 142 cm³/mol. The number of hydrogen-bond acceptors (Lipinski definition) is 4. The van der Waals surface area contributed by atoms with E-state index in [4.69, 9.17) is 4.74 Å². The fraction of sp³-hybridized carbons (Fsp3) is 0.759. The van der Waals surface area contributed by atoms with Crippen LogP contribution in [0.1, 0.15) is 91.9 Å². The highest BCUT2D eigenvalue weighted by atomic mass is 79.9. The third-order valence-corrected chi connectivity index (χ3v) is 9.28. The first-order chi connectivity index (χ1) is 15.9. The Morgan fingerprint density at radius 2 is 2.09 bits per heavy atom. The maximum absolute atomic E-state index is 11.7. The minimum absolute atomic E-state index is 0.168. The topological polar surface area (TPSA) is 66.8 Å². The smallest absolute Gasteiger partial charge is 0.316 e. The number of aliphatic hydroxyl groups is 2. The van der Waals surface area contributed by atoms with E-state index in [0.717, 1.165) is 36.3 Å². The monoisotopic (exact) mass is 536 g/mol. The summed E-state index contributed by atoms with van der Waals surface area (Å²) < 4.78 is 5.50. The summed E-state index contributed by atoms with van der Waals surface area (Å²) in [6.07, 6.45) is 13.8. The zero-order chi connectivity index (χ0) is 25.1. The molecule has 3 aliphatic carbocycles. The van der Waals surface area contributed by atoms with Crippen LogP contribution in [0.2, 0.25) is 0 Å². The van der Waals surface area contributed by atoms with Crippen LogP contribution < -0.4 is 0 Å². The summed E-state index contributed by atoms with van der Waals surface area (Å²) in [7, 11) is 0. The van der Waals surface area contributed by atoms with Crippen LogP contribution in [0.25, 0.3) is 0 Å². The highest BCUT2D eigenvalue weighted by Crippen LogP contribution is 2.60. The van der Waals surface area contributed by atoms with Crippen molar-refractivity contribution in [3.63, 3.8) is 0 Å². The van der Waals surface area contributed by atoms with Crippen LogP contribution in [0.4, 0.5) is 0 Å². The molecule has 3 saturated carbocycles. The van der Waals surface area contributed by atoms with Gasteiger partial charge in [-0.05, 0) is 86.7 Å². The molecule has 0 radical (unpaired) electrons. The SMILES string of the molecule is C=C1/C(=C\C=C2CCC[C@@]3(C)C2CC[C@@H]3[C@H](C)CCCC(C)(C)O)C[C@H](OC(=O)CBr)C[C@H]1O. The molecule has 4 nitrogen and oxygen atoms in total. The number of alkyl halides is 1. The van der Waals surface area contributed by atoms with E-state index in [0.29, 0.717) is 30.1 Å². The molecule has 0 aromatic heterocycles. The summed E-state index contributed by atoms with van der Waals surface area (Å²) in [4.78, 5) is 11.7. The summed E-state index contributed by atoms with van der Waals surface area (Å²) in [5, 5.41) is 20.7. The van der Waals surface area contributed by atoms with Crippen molar-refractivity contribution in [3.05, 3.63) is 35.5 Å². The van der Waals surface area contributed by atoms with Gasteiger partial charge < -0.3 is 14.9 Å². The molecule has 0 amide bonds. The van der Waals surface area contributed by atoms with Crippen LogP contribution in [0.5, 0.6) is 0 Å². The standard InChI is InChI=1S/C29H45BrO4/c1-19(8-6-14-28(3,4)33)24-12-13-25-21(9-7-15-29(24,25)5)10-11-22-16-23(34-27(32)18-30)17-26(31)20(22)2/h10-11,19,23-26,31,33H,2,6-9,12-18H2,1,3-5H3/b21-10?,22-11-/t19-,23+,24-,25?,26-,29-/m1/s1. The minimum atomic E-state index is -0.663. The zero-order valence-electron chi connectivity index (χ0n) is 21.6. The molecule has 34 heavy (non-hydrogen) atoms. The molecule has 0 heterocycles. The Bertz CT molecular complexity index is 807. The molecule has 6 atom stereocenters. The summed E-state index contributed by atoms with van der Waals surface area (Å²) in [5.41, 5.74) is 3.06. The van der Waals surface area contributed by atoms with E-state index in [1.165, 1.54) is 37.7 Å². The second kappa shape index (κ2) is 11.4. The second-order valence-electron chi connectivity index (χ2n) is 11.9. The fourth-order valence-electron chi connectivity index (χ4n) is 7.03. The average Bonchev–Trinajstić information content (AvgIpc) is 3.11. The Morgan fingerprint density at radius 1 is 1.35 bits per heavy atom. The zero-order valence-corrected chi connectivity index (χ0v) is 23.2. The Labute approximate surface area is 215 Å². The average molecular weight is 538 g/mol. The first-order valence-electron chi connectivity index (χ1n) is 13.2. The van der Waals surface area contributed by atoms with Crippen LogP contribution in [0, 0.1) is 23.2 Å². The van der Waals surface area contributed by atoms with E-state index < -0.39 is 11.7 Å². The first-order valence-corrected chi connectivity index (χ1v) is 14.3. The Hall–Kier alpha value is -0.910. The summed E-state index contributed by atoms with van der Waals surface area (Å²) in [6, 6.07) is 0. The molecule has 5 heteroatoms. The lowest BCUT2D eigenvalue weighted by atomic mass is 9.60. The molecule has 3 fully saturated rings. The van der Waals surface area contributed by atoms with Gasteiger partial charge >= 0.3 is 5.97 Å². The largest absolute Gasteiger partial charge is 0.461 e. The van der Waals surface area contributed by atoms with Crippen molar-refractivity contribution in [2.75, 3.05) is 5.33 Å². The third-order valence-electron chi connectivity index (χ3n) is 8.83. The lowest BCUT2D eigenvalue weighted by Gasteiger charge is -2.44. The van der Waals surface area contributed by atoms with Gasteiger partial charge in [-0.3, -0.25) is 4.79 Å². The second-order valence-corrected chi connectivity index (χ2v) is 12.5. The number of rotatable bonds is 8. The number of fused-ring (bicyclic) bond motifs is 1. The number of carbonyl (C=O) groups is 1. The molecule has 0 bridgehead atoms. The van der Waals surface area contributed by atoms with Crippen LogP contribution >= 0.6 is 15.9 Å². The van der Waals surface area contributed by atoms with Gasteiger partial charge in [0.15, 0.2) is 0 Å². The molecular formula is C29H45BrO4. The van der Waals surface area contributed by atoms with Crippen molar-refractivity contribution >= 4 is 21.9 Å². The van der Waals surface area contributed by atoms with E-state index in [-0.39, 0.29) is 17.4 Å². The van der Waals surface area contributed by atoms with E-state index in [9.17, 15) is 15.0 Å². The van der Waals surface area contributed by atoms with Crippen molar-refractivity contribution in [1.82, 2.24) is 0 Å². The molecule has 192 valence electrons. The Morgan fingerprint density at radius 3 is 2.76 bits per heavy atom. The molecule has 0 aromatic rings. The van der Waals surface area contributed by atoms with Gasteiger partial charge in [0.2, 0.25) is 0 Å². The maximum Gasteiger partial charge on any atom is 0.316 e. The molecule has 0 saturated heterocycles. The van der Waals surface area contributed by atoms with Gasteiger partial charge in [0.25, 0.3) is 0 Å². The first kappa shape index (κ1) is 27.7. The predicted octanol–water partition coefficient (Wildman–Crippen LogP) is 6.65. The van der Waals surface area contributed by atoms with Crippen LogP contribution in [0.3, 0.4) is 0 Å². The minimum Gasteiger partial charge on any atom is -0.461 e. The Balaban J connectivity index is 1.71. The molecule has 2 N–H and O–H groups in total. The lowest BCUT2D eigenvalue weighted by molar-refractivity contribution is -0.147. The van der Waals surface area contributed by atoms with Gasteiger partial charge in [0.1, 0.15) is 11.4 Å². The van der Waals surface area contributed by atoms with Gasteiger partial charge in [-0.2, -0.15) is 0 Å². The van der Waals surface area contributed by atoms with Crippen LogP contribution in [-0.4, -0.2) is 39.3 Å². The van der Waals surface area contributed by atoms with Crippen LogP contribution in [0.15, 0.2) is 35.5 Å². The highest BCUT2D eigenvalue weighted by Gasteiger charge is 2.50. The van der Waals surface area contributed by atoms with Gasteiger partial charge in [-0.25, -0.2) is 0 Å². The van der Waals surface area contributed by atoms with Gasteiger partial charge in [0.05, 0.1) is 11.7 Å². The van der Waals surface area contributed by atoms with Gasteiger partial charge in [0, 0.05) is 12.8 Å². The number of carbonyl (C=O) groups excluding carboxylic acids is 1. The van der Waals surface area contributed by atoms with Crippen LogP contribution in [-0.2, 0) is 9.53 Å². The van der Waals surface area contributed by atoms with Gasteiger partial charge in [-0.1, -0.05) is 66.9 Å². The Kier molecular flexibility index (Phi) is 9.30. The number of ether oxygens (including phenoxy) is 1. The van der Waals surface area contributed by atoms with E-state index in [1.807, 2.05) is 13.8 Å². The van der Waals surface area contributed by atoms with Crippen molar-refractivity contribution in [1.29, 1.82) is 0 Å². The quantitative estimate of drug-likeness (QED) is 0.269. The van der Waals surface area contributed by atoms with Crippen molar-refractivity contribution in [2.24, 2.45) is 23.2 Å². The normalized spacial score (nSPS) is 35.4. The van der Waals surface area contributed by atoms with E-state index in [1.54, 1.807) is 0 Å². The third kappa shape index (κ3) is 6.64. The fourth-order valence-corrected chi connectivity index (χ4v) is 7.16. The number of hydrogen-bond donors (Lipinski definition) is 2. The van der Waals surface area contributed by atoms with Crippen molar-refractivity contribution in [2.45, 2.75) is 110 Å². The van der Waals surface area contributed by atoms with E-state index >= 15 is 0 Å². The molecule has 3 rings (SSSR count). The molecule has 0 aromatic carbocycles. The number of halogens is 1. The number of aliphatic hydroxyl groups excluding tert-OH is 1. The number of esters is 1. The van der Waals surface area contributed by atoms with E-state index in [2.05, 4.69) is 48.5 Å². The molecule has 3 aliphatic rings.